The fraction of sp³-hybridized carbons (Fsp3) is 0.400. The van der Waals surface area contributed by atoms with Gasteiger partial charge in [0.2, 0.25) is 0 Å². The molecule has 0 saturated heterocycles. The average molecular weight is 931 g/mol. The molecule has 58 heavy (non-hydrogen) atoms. The minimum Gasteiger partial charge on any atom is -0.166 e. The number of thiophene rings is 4. The van der Waals surface area contributed by atoms with Gasteiger partial charge in [0.25, 0.3) is 0 Å². The standard InChI is InChI=1S/C40H38F12S4Si2/c1-35(2,3)57(7,8)33-25-17-27(19-11-21(37(41,42)43)15-22(12-19)38(44,45)46)53-29(25)31(55-33)32-30-26(34(56-32)58(9,10)36(4,5)6)18-28(54-30)20-13-23(39(47,48)49)16-24(14-20)40(50,51)52/h11-18H,1-10H3. The lowest BCUT2D eigenvalue weighted by atomic mass is 10.0. The molecule has 18 heteroatoms. The predicted molar refractivity (Wildman–Crippen MR) is 223 cm³/mol. The van der Waals surface area contributed by atoms with E-state index in [9.17, 15) is 52.7 Å². The van der Waals surface area contributed by atoms with Gasteiger partial charge in [0.15, 0.2) is 0 Å². The van der Waals surface area contributed by atoms with E-state index in [0.717, 1.165) is 31.7 Å². The average Bonchev–Trinajstić information content (AvgIpc) is 3.82. The van der Waals surface area contributed by atoms with Gasteiger partial charge in [-0.1, -0.05) is 67.7 Å². The quantitative estimate of drug-likeness (QED) is 0.119. The van der Waals surface area contributed by atoms with E-state index in [2.05, 4.69) is 67.7 Å². The molecule has 0 N–H and O–H groups in total. The first-order valence-corrected chi connectivity index (χ1v) is 27.0. The number of halogens is 12. The molecule has 0 aliphatic carbocycles. The lowest BCUT2D eigenvalue weighted by Crippen LogP contribution is -2.48. The maximum atomic E-state index is 14.0. The van der Waals surface area contributed by atoms with Crippen LogP contribution in [0.25, 0.3) is 50.8 Å². The Balaban J connectivity index is 1.71. The summed E-state index contributed by atoms with van der Waals surface area (Å²) >= 11 is 5.13. The maximum Gasteiger partial charge on any atom is 0.416 e. The third kappa shape index (κ3) is 7.98. The van der Waals surface area contributed by atoms with Crippen molar-refractivity contribution in [1.29, 1.82) is 0 Å². The minimum absolute atomic E-state index is 0.0899. The van der Waals surface area contributed by atoms with Crippen LogP contribution in [0.2, 0.25) is 36.3 Å². The number of hydrogen-bond acceptors (Lipinski definition) is 4. The fourth-order valence-corrected chi connectivity index (χ4v) is 19.0. The third-order valence-corrected chi connectivity index (χ3v) is 30.5. The highest BCUT2D eigenvalue weighted by Crippen LogP contribution is 2.54. The van der Waals surface area contributed by atoms with E-state index in [1.165, 1.54) is 22.7 Å². The van der Waals surface area contributed by atoms with Gasteiger partial charge >= 0.3 is 24.7 Å². The highest BCUT2D eigenvalue weighted by Gasteiger charge is 2.44. The first kappa shape index (κ1) is 44.9. The van der Waals surface area contributed by atoms with Crippen molar-refractivity contribution in [2.24, 2.45) is 0 Å². The molecule has 0 radical (unpaired) electrons. The molecule has 0 aliphatic rings. The van der Waals surface area contributed by atoms with Crippen LogP contribution in [0.4, 0.5) is 52.7 Å². The Bertz CT molecular complexity index is 2300. The molecule has 0 aliphatic heterocycles. The number of rotatable bonds is 5. The monoisotopic (exact) mass is 930 g/mol. The number of fused-ring (bicyclic) bond motifs is 2. The van der Waals surface area contributed by atoms with E-state index < -0.39 is 63.1 Å². The molecule has 0 fully saturated rings. The van der Waals surface area contributed by atoms with Crippen LogP contribution in [-0.4, -0.2) is 16.1 Å². The summed E-state index contributed by atoms with van der Waals surface area (Å²) in [6.45, 7) is 21.0. The molecule has 6 aromatic rings. The normalized spacial score (nSPS) is 14.4. The van der Waals surface area contributed by atoms with E-state index in [1.54, 1.807) is 12.1 Å². The Morgan fingerprint density at radius 3 is 0.862 bits per heavy atom. The zero-order chi connectivity index (χ0) is 43.7. The second-order valence-electron chi connectivity index (χ2n) is 17.6. The maximum absolute atomic E-state index is 14.0. The molecule has 2 aromatic carbocycles. The van der Waals surface area contributed by atoms with Crippen molar-refractivity contribution in [2.45, 2.75) is 103 Å². The molecule has 4 heterocycles. The Labute approximate surface area is 345 Å². The van der Waals surface area contributed by atoms with E-state index >= 15 is 0 Å². The molecule has 6 rings (SSSR count). The topological polar surface area (TPSA) is 0 Å². The van der Waals surface area contributed by atoms with Crippen LogP contribution in [0.1, 0.15) is 63.8 Å². The van der Waals surface area contributed by atoms with Crippen LogP contribution < -0.4 is 9.00 Å². The van der Waals surface area contributed by atoms with Gasteiger partial charge in [-0.2, -0.15) is 52.7 Å². The molecule has 0 saturated carbocycles. The van der Waals surface area contributed by atoms with Crippen molar-refractivity contribution in [1.82, 2.24) is 0 Å². The molecule has 0 atom stereocenters. The van der Waals surface area contributed by atoms with Crippen LogP contribution in [0, 0.1) is 0 Å². The Morgan fingerprint density at radius 2 is 0.638 bits per heavy atom. The lowest BCUT2D eigenvalue weighted by Gasteiger charge is -2.36. The largest absolute Gasteiger partial charge is 0.416 e. The Morgan fingerprint density at radius 1 is 0.379 bits per heavy atom. The highest BCUT2D eigenvalue weighted by atomic mass is 32.1. The highest BCUT2D eigenvalue weighted by molar-refractivity contribution is 7.41. The SMILES string of the molecule is CC(C)(C)[Si](C)(C)c1sc(-c2sc([Si](C)(C)C(C)(C)C)c3cc(-c4cc(C(F)(F)F)cc(C(F)(F)F)c4)sc23)c2sc(-c3cc(C(F)(F)F)cc(C(F)(F)F)c3)cc12. The molecular formula is C40H38F12S4Si2. The second-order valence-corrected chi connectivity index (χ2v) is 32.9. The van der Waals surface area contributed by atoms with Crippen molar-refractivity contribution in [3.05, 3.63) is 70.8 Å². The van der Waals surface area contributed by atoms with Crippen molar-refractivity contribution in [3.8, 4) is 30.6 Å². The van der Waals surface area contributed by atoms with Gasteiger partial charge in [-0.15, -0.1) is 45.3 Å². The van der Waals surface area contributed by atoms with Gasteiger partial charge in [-0.05, 0) is 78.7 Å². The van der Waals surface area contributed by atoms with Gasteiger partial charge in [-0.3, -0.25) is 0 Å². The molecular weight excluding hydrogens is 893 g/mol. The van der Waals surface area contributed by atoms with Gasteiger partial charge in [0.05, 0.1) is 57.6 Å². The van der Waals surface area contributed by atoms with E-state index in [1.807, 2.05) is 0 Å². The van der Waals surface area contributed by atoms with Crippen molar-refractivity contribution in [3.63, 3.8) is 0 Å². The molecule has 0 unspecified atom stereocenters. The molecule has 314 valence electrons. The molecule has 4 aromatic heterocycles. The number of alkyl halides is 12. The summed E-state index contributed by atoms with van der Waals surface area (Å²) < 4.78 is 171. The summed E-state index contributed by atoms with van der Waals surface area (Å²) in [6, 6.07) is 6.35. The summed E-state index contributed by atoms with van der Waals surface area (Å²) in [7, 11) is -4.96. The van der Waals surface area contributed by atoms with Gasteiger partial charge < -0.3 is 0 Å². The van der Waals surface area contributed by atoms with Gasteiger partial charge in [-0.25, -0.2) is 0 Å². The van der Waals surface area contributed by atoms with Crippen molar-refractivity contribution in [2.75, 3.05) is 0 Å². The number of hydrogen-bond donors (Lipinski definition) is 0. The molecule has 0 amide bonds. The lowest BCUT2D eigenvalue weighted by molar-refractivity contribution is -0.144. The second kappa shape index (κ2) is 13.9. The Kier molecular flexibility index (Phi) is 10.8. The first-order valence-electron chi connectivity index (χ1n) is 17.8. The third-order valence-electron chi connectivity index (χ3n) is 11.6. The summed E-state index contributed by atoms with van der Waals surface area (Å²) in [5.74, 6) is 0. The van der Waals surface area contributed by atoms with E-state index in [0.29, 0.717) is 54.2 Å². The van der Waals surface area contributed by atoms with E-state index in [-0.39, 0.29) is 43.1 Å². The Hall–Kier alpha value is -2.65. The molecule has 0 bridgehead atoms. The van der Waals surface area contributed by atoms with E-state index in [4.69, 9.17) is 0 Å². The van der Waals surface area contributed by atoms with Gasteiger partial charge in [0, 0.05) is 20.5 Å². The van der Waals surface area contributed by atoms with Crippen LogP contribution in [0.15, 0.2) is 48.5 Å². The van der Waals surface area contributed by atoms with Crippen molar-refractivity contribution < 1.29 is 52.7 Å². The van der Waals surface area contributed by atoms with Gasteiger partial charge in [0.1, 0.15) is 0 Å². The smallest absolute Gasteiger partial charge is 0.166 e. The summed E-state index contributed by atoms with van der Waals surface area (Å²) in [5, 5.41) is 0.905. The zero-order valence-electron chi connectivity index (χ0n) is 32.8. The summed E-state index contributed by atoms with van der Waals surface area (Å²) in [6.07, 6.45) is -20.2. The van der Waals surface area contributed by atoms with Crippen LogP contribution >= 0.6 is 45.3 Å². The van der Waals surface area contributed by atoms with Crippen LogP contribution in [0.5, 0.6) is 0 Å². The van der Waals surface area contributed by atoms with Crippen LogP contribution in [0.3, 0.4) is 0 Å². The zero-order valence-corrected chi connectivity index (χ0v) is 38.1. The minimum atomic E-state index is -5.05. The fourth-order valence-electron chi connectivity index (χ4n) is 6.25. The van der Waals surface area contributed by atoms with Crippen LogP contribution in [-0.2, 0) is 24.7 Å². The summed E-state index contributed by atoms with van der Waals surface area (Å²) in [5.41, 5.74) is -6.25. The molecule has 0 nitrogen and oxygen atoms in total. The van der Waals surface area contributed by atoms with Crippen molar-refractivity contribution >= 4 is 90.7 Å². The first-order chi connectivity index (χ1) is 26.0. The number of benzene rings is 2. The summed E-state index contributed by atoms with van der Waals surface area (Å²) in [4.78, 5) is 1.82. The predicted octanol–water partition coefficient (Wildman–Crippen LogP) is 16.7. The molecule has 0 spiro atoms.